The normalized spacial score (nSPS) is 15.3. The molecule has 1 aliphatic rings. The third-order valence-corrected chi connectivity index (χ3v) is 3.97. The average molecular weight is 333 g/mol. The van der Waals surface area contributed by atoms with E-state index < -0.39 is 0 Å². The lowest BCUT2D eigenvalue weighted by molar-refractivity contribution is -0.111. The number of halogens is 1. The summed E-state index contributed by atoms with van der Waals surface area (Å²) in [5.41, 5.74) is 1.05. The summed E-state index contributed by atoms with van der Waals surface area (Å²) in [4.78, 5) is 26.0. The molecule has 1 N–H and O–H groups in total. The third-order valence-electron chi connectivity index (χ3n) is 3.66. The molecule has 23 heavy (non-hydrogen) atoms. The van der Waals surface area contributed by atoms with Gasteiger partial charge in [-0.3, -0.25) is 9.59 Å². The van der Waals surface area contributed by atoms with Gasteiger partial charge < -0.3 is 10.2 Å². The number of carbonyl (C=O) groups excluding carboxylic acids is 2. The summed E-state index contributed by atoms with van der Waals surface area (Å²) >= 11 is 6.23. The molecule has 0 saturated carbocycles. The molecule has 4 nitrogen and oxygen atoms in total. The van der Waals surface area contributed by atoms with E-state index in [-0.39, 0.29) is 11.8 Å². The van der Waals surface area contributed by atoms with Gasteiger partial charge in [0, 0.05) is 24.9 Å². The van der Waals surface area contributed by atoms with Crippen molar-refractivity contribution in [1.29, 1.82) is 0 Å². The Morgan fingerprint density at radius 1 is 1.17 bits per heavy atom. The summed E-state index contributed by atoms with van der Waals surface area (Å²) in [5.74, 6) is -0.283. The number of hydrogen-bond donors (Lipinski definition) is 1. The maximum atomic E-state index is 12.5. The molecule has 0 spiro atoms. The summed E-state index contributed by atoms with van der Waals surface area (Å²) in [6, 6.07) is 4.98. The van der Waals surface area contributed by atoms with Crippen molar-refractivity contribution < 1.29 is 9.59 Å². The molecule has 0 radical (unpaired) electrons. The van der Waals surface area contributed by atoms with E-state index in [1.165, 1.54) is 12.5 Å². The minimum absolute atomic E-state index is 0.0412. The molecule has 0 bridgehead atoms. The van der Waals surface area contributed by atoms with Gasteiger partial charge in [-0.05, 0) is 44.4 Å². The quantitative estimate of drug-likeness (QED) is 0.668. The van der Waals surface area contributed by atoms with Crippen molar-refractivity contribution in [3.8, 4) is 0 Å². The summed E-state index contributed by atoms with van der Waals surface area (Å²) < 4.78 is 0. The Labute approximate surface area is 141 Å². The average Bonchev–Trinajstić information content (AvgIpc) is 2.55. The first kappa shape index (κ1) is 17.3. The minimum Gasteiger partial charge on any atom is -0.339 e. The highest BCUT2D eigenvalue weighted by Gasteiger charge is 2.20. The van der Waals surface area contributed by atoms with Crippen LogP contribution < -0.4 is 5.32 Å². The van der Waals surface area contributed by atoms with Crippen molar-refractivity contribution in [2.75, 3.05) is 18.4 Å². The number of amides is 2. The van der Waals surface area contributed by atoms with Crippen LogP contribution in [-0.2, 0) is 4.79 Å². The van der Waals surface area contributed by atoms with E-state index in [1.54, 1.807) is 30.4 Å². The molecule has 1 fully saturated rings. The highest BCUT2D eigenvalue weighted by molar-refractivity contribution is 6.34. The van der Waals surface area contributed by atoms with Crippen molar-refractivity contribution in [2.45, 2.75) is 26.2 Å². The highest BCUT2D eigenvalue weighted by Crippen LogP contribution is 2.23. The van der Waals surface area contributed by atoms with Crippen molar-refractivity contribution in [1.82, 2.24) is 4.90 Å². The number of likely N-dealkylation sites (tertiary alicyclic amines) is 1. The van der Waals surface area contributed by atoms with Gasteiger partial charge in [-0.15, -0.1) is 0 Å². The topological polar surface area (TPSA) is 49.4 Å². The second kappa shape index (κ2) is 8.53. The number of rotatable bonds is 4. The molecule has 1 heterocycles. The van der Waals surface area contributed by atoms with Gasteiger partial charge in [-0.1, -0.05) is 29.8 Å². The second-order valence-electron chi connectivity index (χ2n) is 5.42. The molecule has 5 heteroatoms. The van der Waals surface area contributed by atoms with Crippen molar-refractivity contribution >= 4 is 29.1 Å². The van der Waals surface area contributed by atoms with Gasteiger partial charge >= 0.3 is 0 Å². The summed E-state index contributed by atoms with van der Waals surface area (Å²) in [5, 5.41) is 3.08. The number of piperidine rings is 1. The molecule has 1 aliphatic heterocycles. The van der Waals surface area contributed by atoms with Gasteiger partial charge in [0.1, 0.15) is 0 Å². The van der Waals surface area contributed by atoms with Crippen LogP contribution in [0.3, 0.4) is 0 Å². The minimum atomic E-state index is -0.241. The van der Waals surface area contributed by atoms with E-state index in [0.717, 1.165) is 25.9 Å². The van der Waals surface area contributed by atoms with Gasteiger partial charge in [-0.25, -0.2) is 0 Å². The van der Waals surface area contributed by atoms with Gasteiger partial charge in [0.05, 0.1) is 10.6 Å². The van der Waals surface area contributed by atoms with Gasteiger partial charge in [0.15, 0.2) is 0 Å². The highest BCUT2D eigenvalue weighted by atomic mass is 35.5. The number of anilines is 1. The zero-order valence-corrected chi connectivity index (χ0v) is 14.0. The van der Waals surface area contributed by atoms with E-state index >= 15 is 0 Å². The standard InChI is InChI=1S/C18H21ClN2O2/c1-2-3-5-8-17(22)20-14-9-10-15(16(19)13-14)18(23)21-11-6-4-7-12-21/h2-3,5,8-10,13H,4,6-7,11-12H2,1H3,(H,20,22)/b3-2+,8-5+. The Balaban J connectivity index is 2.05. The fourth-order valence-electron chi connectivity index (χ4n) is 2.47. The molecule has 1 aromatic carbocycles. The molecule has 0 unspecified atom stereocenters. The molecule has 2 rings (SSSR count). The lowest BCUT2D eigenvalue weighted by Crippen LogP contribution is -2.35. The Morgan fingerprint density at radius 3 is 2.57 bits per heavy atom. The van der Waals surface area contributed by atoms with Crippen LogP contribution in [0.4, 0.5) is 5.69 Å². The van der Waals surface area contributed by atoms with Crippen LogP contribution in [0.15, 0.2) is 42.5 Å². The summed E-state index contributed by atoms with van der Waals surface area (Å²) in [6.45, 7) is 3.44. The van der Waals surface area contributed by atoms with E-state index in [4.69, 9.17) is 11.6 Å². The second-order valence-corrected chi connectivity index (χ2v) is 5.83. The van der Waals surface area contributed by atoms with Gasteiger partial charge in [-0.2, -0.15) is 0 Å². The predicted octanol–water partition coefficient (Wildman–Crippen LogP) is 4.04. The first-order valence-corrected chi connectivity index (χ1v) is 8.19. The summed E-state index contributed by atoms with van der Waals surface area (Å²) in [6.07, 6.45) is 9.94. The van der Waals surface area contributed by atoms with E-state index in [9.17, 15) is 9.59 Å². The van der Waals surface area contributed by atoms with Crippen LogP contribution in [0.5, 0.6) is 0 Å². The summed E-state index contributed by atoms with van der Waals surface area (Å²) in [7, 11) is 0. The smallest absolute Gasteiger partial charge is 0.255 e. The molecule has 0 aromatic heterocycles. The third kappa shape index (κ3) is 4.96. The number of carbonyl (C=O) groups is 2. The van der Waals surface area contributed by atoms with Crippen molar-refractivity contribution in [2.24, 2.45) is 0 Å². The van der Waals surface area contributed by atoms with Crippen LogP contribution in [0, 0.1) is 0 Å². The molecular formula is C18H21ClN2O2. The molecule has 0 aliphatic carbocycles. The van der Waals surface area contributed by atoms with Crippen LogP contribution in [-0.4, -0.2) is 29.8 Å². The number of benzene rings is 1. The van der Waals surface area contributed by atoms with Crippen LogP contribution >= 0.6 is 11.6 Å². The first-order valence-electron chi connectivity index (χ1n) is 7.81. The molecule has 122 valence electrons. The monoisotopic (exact) mass is 332 g/mol. The van der Waals surface area contributed by atoms with Crippen molar-refractivity contribution in [3.63, 3.8) is 0 Å². The zero-order valence-electron chi connectivity index (χ0n) is 13.2. The Bertz CT molecular complexity index is 632. The van der Waals surface area contributed by atoms with Crippen LogP contribution in [0.1, 0.15) is 36.5 Å². The SMILES string of the molecule is C/C=C/C=C/C(=O)Nc1ccc(C(=O)N2CCCCC2)c(Cl)c1. The van der Waals surface area contributed by atoms with Crippen LogP contribution in [0.2, 0.25) is 5.02 Å². The van der Waals surface area contributed by atoms with E-state index in [1.807, 2.05) is 17.9 Å². The maximum Gasteiger partial charge on any atom is 0.255 e. The number of nitrogens with zero attached hydrogens (tertiary/aromatic N) is 1. The Kier molecular flexibility index (Phi) is 6.41. The van der Waals surface area contributed by atoms with Crippen LogP contribution in [0.25, 0.3) is 0 Å². The van der Waals surface area contributed by atoms with E-state index in [2.05, 4.69) is 5.32 Å². The van der Waals surface area contributed by atoms with Gasteiger partial charge in [0.2, 0.25) is 5.91 Å². The Morgan fingerprint density at radius 2 is 1.91 bits per heavy atom. The number of hydrogen-bond acceptors (Lipinski definition) is 2. The number of nitrogens with one attached hydrogen (secondary N) is 1. The molecule has 1 saturated heterocycles. The van der Waals surface area contributed by atoms with E-state index in [0.29, 0.717) is 16.3 Å². The lowest BCUT2D eigenvalue weighted by atomic mass is 10.1. The lowest BCUT2D eigenvalue weighted by Gasteiger charge is -2.27. The van der Waals surface area contributed by atoms with Crippen molar-refractivity contribution in [3.05, 3.63) is 53.1 Å². The number of allylic oxidation sites excluding steroid dienone is 3. The largest absolute Gasteiger partial charge is 0.339 e. The fourth-order valence-corrected chi connectivity index (χ4v) is 2.73. The predicted molar refractivity (Wildman–Crippen MR) is 93.8 cm³/mol. The molecular weight excluding hydrogens is 312 g/mol. The molecule has 2 amide bonds. The van der Waals surface area contributed by atoms with Gasteiger partial charge in [0.25, 0.3) is 5.91 Å². The molecule has 0 atom stereocenters. The maximum absolute atomic E-state index is 12.5. The first-order chi connectivity index (χ1) is 11.1. The zero-order chi connectivity index (χ0) is 16.7. The molecule has 1 aromatic rings. The Hall–Kier alpha value is -2.07. The fraction of sp³-hybridized carbons (Fsp3) is 0.333.